The van der Waals surface area contributed by atoms with Crippen LogP contribution < -0.4 is 22.0 Å². The van der Waals surface area contributed by atoms with Gasteiger partial charge in [0.1, 0.15) is 0 Å². The topological polar surface area (TPSA) is 140 Å². The van der Waals surface area contributed by atoms with Crippen LogP contribution in [0.25, 0.3) is 0 Å². The molecule has 0 radical (unpaired) electrons. The number of aromatic nitrogens is 4. The van der Waals surface area contributed by atoms with Gasteiger partial charge in [-0.05, 0) is 26.7 Å². The Kier molecular flexibility index (Phi) is 6.36. The Morgan fingerprint density at radius 1 is 0.885 bits per heavy atom. The Morgan fingerprint density at radius 2 is 1.27 bits per heavy atom. The normalized spacial score (nSPS) is 12.2. The molecule has 10 heteroatoms. The largest absolute Gasteiger partial charge is 0.291 e. The highest BCUT2D eigenvalue weighted by Crippen LogP contribution is 2.02. The minimum Gasteiger partial charge on any atom is -0.291 e. The Hall–Kier alpha value is -3.30. The van der Waals surface area contributed by atoms with Gasteiger partial charge in [-0.15, -0.1) is 0 Å². The van der Waals surface area contributed by atoms with Crippen LogP contribution in [0.4, 0.5) is 11.9 Å². The zero-order chi connectivity index (χ0) is 19.1. The van der Waals surface area contributed by atoms with Gasteiger partial charge in [0.25, 0.3) is 11.1 Å². The van der Waals surface area contributed by atoms with Gasteiger partial charge >= 0.3 is 0 Å². The highest BCUT2D eigenvalue weighted by molar-refractivity contribution is 6.42. The van der Waals surface area contributed by atoms with Crippen LogP contribution >= 0.6 is 0 Å². The summed E-state index contributed by atoms with van der Waals surface area (Å²) in [5.41, 5.74) is 7.52. The van der Waals surface area contributed by atoms with Crippen molar-refractivity contribution in [3.8, 4) is 0 Å². The predicted octanol–water partition coefficient (Wildman–Crippen LogP) is 1.53. The maximum atomic E-state index is 11.5. The van der Waals surface area contributed by atoms with E-state index < -0.39 is 0 Å². The maximum Gasteiger partial charge on any atom is 0.252 e. The van der Waals surface area contributed by atoms with Crippen molar-refractivity contribution >= 4 is 23.3 Å². The predicted molar refractivity (Wildman–Crippen MR) is 102 cm³/mol. The SMILES string of the molecule is CCC(=N/Nc1nc(C)cc(=O)[nH]1)/C(CC)=N\Nc1nc(C)cc(=O)[nH]1. The number of H-pyrrole nitrogens is 2. The number of nitrogens with zero attached hydrogens (tertiary/aromatic N) is 4. The molecule has 0 aliphatic heterocycles. The minimum atomic E-state index is -0.256. The van der Waals surface area contributed by atoms with Gasteiger partial charge in [-0.2, -0.15) is 10.2 Å². The molecule has 0 amide bonds. The molecule has 0 bridgehead atoms. The lowest BCUT2D eigenvalue weighted by atomic mass is 10.1. The standard InChI is InChI=1S/C16H22N8O2/c1-5-11(21-23-15-17-9(3)7-13(25)19-15)12(6-2)22-24-16-18-10(4)8-14(26)20-16/h7-8H,5-6H2,1-4H3,(H2,17,19,23,25)(H2,18,20,24,26)/b21-11-,22-12-. The third kappa shape index (κ3) is 5.36. The van der Waals surface area contributed by atoms with Crippen LogP contribution in [0.5, 0.6) is 0 Å². The summed E-state index contributed by atoms with van der Waals surface area (Å²) in [5, 5.41) is 8.57. The number of hydrogen-bond acceptors (Lipinski definition) is 8. The number of aromatic amines is 2. The van der Waals surface area contributed by atoms with Gasteiger partial charge in [-0.25, -0.2) is 20.8 Å². The summed E-state index contributed by atoms with van der Waals surface area (Å²) in [7, 11) is 0. The average Bonchev–Trinajstić information content (AvgIpc) is 2.56. The van der Waals surface area contributed by atoms with Crippen molar-refractivity contribution in [1.29, 1.82) is 0 Å². The highest BCUT2D eigenvalue weighted by atomic mass is 16.1. The van der Waals surface area contributed by atoms with Gasteiger partial charge in [0.2, 0.25) is 11.9 Å². The first kappa shape index (κ1) is 19.0. The van der Waals surface area contributed by atoms with Crippen molar-refractivity contribution in [3.05, 3.63) is 44.2 Å². The fourth-order valence-electron chi connectivity index (χ4n) is 2.20. The first-order valence-electron chi connectivity index (χ1n) is 8.22. The van der Waals surface area contributed by atoms with Crippen LogP contribution in [-0.2, 0) is 0 Å². The van der Waals surface area contributed by atoms with Crippen LogP contribution in [0.15, 0.2) is 31.9 Å². The maximum absolute atomic E-state index is 11.5. The lowest BCUT2D eigenvalue weighted by Gasteiger charge is -2.08. The van der Waals surface area contributed by atoms with Gasteiger partial charge in [0.05, 0.1) is 11.4 Å². The van der Waals surface area contributed by atoms with E-state index in [1.54, 1.807) is 13.8 Å². The lowest BCUT2D eigenvalue weighted by Crippen LogP contribution is -2.18. The molecule has 0 atom stereocenters. The molecular formula is C16H22N8O2. The fraction of sp³-hybridized carbons (Fsp3) is 0.375. The van der Waals surface area contributed by atoms with E-state index in [0.717, 1.165) is 0 Å². The molecule has 0 fully saturated rings. The van der Waals surface area contributed by atoms with Crippen LogP contribution in [0.2, 0.25) is 0 Å². The van der Waals surface area contributed by atoms with E-state index in [-0.39, 0.29) is 23.0 Å². The molecule has 4 N–H and O–H groups in total. The number of anilines is 2. The van der Waals surface area contributed by atoms with Crippen LogP contribution in [0, 0.1) is 13.8 Å². The molecular weight excluding hydrogens is 336 g/mol. The molecule has 2 heterocycles. The minimum absolute atomic E-state index is 0.256. The summed E-state index contributed by atoms with van der Waals surface area (Å²) in [6.07, 6.45) is 1.21. The van der Waals surface area contributed by atoms with Gasteiger partial charge in [-0.3, -0.25) is 19.6 Å². The van der Waals surface area contributed by atoms with Crippen LogP contribution in [0.1, 0.15) is 38.1 Å². The van der Waals surface area contributed by atoms with E-state index in [1.807, 2.05) is 13.8 Å². The molecule has 0 spiro atoms. The van der Waals surface area contributed by atoms with Gasteiger partial charge in [-0.1, -0.05) is 13.8 Å². The number of aryl methyl sites for hydroxylation is 2. The quantitative estimate of drug-likeness (QED) is 0.437. The number of hydrazone groups is 2. The van der Waals surface area contributed by atoms with Gasteiger partial charge < -0.3 is 0 Å². The van der Waals surface area contributed by atoms with E-state index in [4.69, 9.17) is 0 Å². The van der Waals surface area contributed by atoms with Crippen molar-refractivity contribution in [2.24, 2.45) is 10.2 Å². The zero-order valence-corrected chi connectivity index (χ0v) is 15.2. The summed E-state index contributed by atoms with van der Waals surface area (Å²) < 4.78 is 0. The monoisotopic (exact) mass is 358 g/mol. The number of rotatable bonds is 7. The second-order valence-electron chi connectivity index (χ2n) is 5.52. The Balaban J connectivity index is 2.21. The summed E-state index contributed by atoms with van der Waals surface area (Å²) in [5.74, 6) is 0.517. The second kappa shape index (κ2) is 8.70. The molecule has 10 nitrogen and oxygen atoms in total. The van der Waals surface area contributed by atoms with Crippen molar-refractivity contribution in [2.75, 3.05) is 10.9 Å². The third-order valence-electron chi connectivity index (χ3n) is 3.34. The fourth-order valence-corrected chi connectivity index (χ4v) is 2.20. The molecule has 2 aromatic rings. The molecule has 2 rings (SSSR count). The Morgan fingerprint density at radius 3 is 1.58 bits per heavy atom. The summed E-state index contributed by atoms with van der Waals surface area (Å²) in [6.45, 7) is 7.32. The summed E-state index contributed by atoms with van der Waals surface area (Å²) in [4.78, 5) is 36.4. The summed E-state index contributed by atoms with van der Waals surface area (Å²) >= 11 is 0. The molecule has 0 aromatic carbocycles. The molecule has 0 saturated carbocycles. The molecule has 138 valence electrons. The average molecular weight is 358 g/mol. The highest BCUT2D eigenvalue weighted by Gasteiger charge is 2.07. The van der Waals surface area contributed by atoms with Crippen molar-refractivity contribution in [3.63, 3.8) is 0 Å². The first-order chi connectivity index (χ1) is 12.4. The summed E-state index contributed by atoms with van der Waals surface area (Å²) in [6, 6.07) is 2.79. The Labute approximate surface area is 149 Å². The zero-order valence-electron chi connectivity index (χ0n) is 15.2. The molecule has 0 aliphatic carbocycles. The molecule has 2 aromatic heterocycles. The smallest absolute Gasteiger partial charge is 0.252 e. The van der Waals surface area contributed by atoms with E-state index in [0.29, 0.717) is 35.7 Å². The van der Waals surface area contributed by atoms with Crippen LogP contribution in [-0.4, -0.2) is 31.4 Å². The molecule has 0 aliphatic rings. The first-order valence-corrected chi connectivity index (χ1v) is 8.22. The molecule has 0 saturated heterocycles. The van der Waals surface area contributed by atoms with Gasteiger partial charge in [0, 0.05) is 23.5 Å². The van der Waals surface area contributed by atoms with Crippen molar-refractivity contribution in [2.45, 2.75) is 40.5 Å². The van der Waals surface area contributed by atoms with E-state index in [2.05, 4.69) is 41.0 Å². The van der Waals surface area contributed by atoms with Gasteiger partial charge in [0.15, 0.2) is 0 Å². The number of nitrogens with one attached hydrogen (secondary N) is 4. The molecule has 0 unspecified atom stereocenters. The third-order valence-corrected chi connectivity index (χ3v) is 3.34. The number of hydrogen-bond donors (Lipinski definition) is 4. The van der Waals surface area contributed by atoms with E-state index in [9.17, 15) is 9.59 Å². The van der Waals surface area contributed by atoms with E-state index in [1.165, 1.54) is 12.1 Å². The second-order valence-corrected chi connectivity index (χ2v) is 5.52. The van der Waals surface area contributed by atoms with E-state index >= 15 is 0 Å². The van der Waals surface area contributed by atoms with Crippen molar-refractivity contribution in [1.82, 2.24) is 19.9 Å². The molecule has 26 heavy (non-hydrogen) atoms. The lowest BCUT2D eigenvalue weighted by molar-refractivity contribution is 1.03. The van der Waals surface area contributed by atoms with Crippen molar-refractivity contribution < 1.29 is 0 Å². The Bertz CT molecular complexity index is 864. The van der Waals surface area contributed by atoms with Crippen LogP contribution in [0.3, 0.4) is 0 Å².